The third-order valence-electron chi connectivity index (χ3n) is 2.49. The zero-order chi connectivity index (χ0) is 12.7. The Morgan fingerprint density at radius 3 is 2.83 bits per heavy atom. The fraction of sp³-hybridized carbons (Fsp3) is 0.222. The lowest BCUT2D eigenvalue weighted by Gasteiger charge is -2.01. The summed E-state index contributed by atoms with van der Waals surface area (Å²) >= 11 is 0. The topological polar surface area (TPSA) is 112 Å². The Labute approximate surface area is 98.7 Å². The summed E-state index contributed by atoms with van der Waals surface area (Å²) in [6.45, 7) is 0.0334. The molecule has 3 rings (SSSR count). The molecule has 0 saturated carbocycles. The van der Waals surface area contributed by atoms with E-state index in [0.29, 0.717) is 11.2 Å². The van der Waals surface area contributed by atoms with Crippen LogP contribution in [0.1, 0.15) is 5.89 Å². The highest BCUT2D eigenvalue weighted by Gasteiger charge is 2.10. The fourth-order valence-electron chi connectivity index (χ4n) is 1.66. The van der Waals surface area contributed by atoms with Crippen molar-refractivity contribution in [2.75, 3.05) is 0 Å². The lowest BCUT2D eigenvalue weighted by molar-refractivity contribution is 0.446. The van der Waals surface area contributed by atoms with Crippen molar-refractivity contribution in [3.63, 3.8) is 0 Å². The highest BCUT2D eigenvalue weighted by Crippen LogP contribution is 2.02. The summed E-state index contributed by atoms with van der Waals surface area (Å²) < 4.78 is 7.61. The summed E-state index contributed by atoms with van der Waals surface area (Å²) in [6, 6.07) is 0. The van der Waals surface area contributed by atoms with Crippen molar-refractivity contribution in [3.05, 3.63) is 39.4 Å². The molecule has 3 heterocycles. The van der Waals surface area contributed by atoms with Crippen LogP contribution < -0.4 is 11.3 Å². The number of aryl methyl sites for hydroxylation is 1. The molecule has 92 valence electrons. The van der Waals surface area contributed by atoms with Crippen LogP contribution in [-0.2, 0) is 13.6 Å². The summed E-state index contributed by atoms with van der Waals surface area (Å²) in [4.78, 5) is 30.9. The zero-order valence-corrected chi connectivity index (χ0v) is 9.32. The molecule has 0 aliphatic rings. The molecule has 0 aliphatic heterocycles. The third-order valence-corrected chi connectivity index (χ3v) is 2.49. The summed E-state index contributed by atoms with van der Waals surface area (Å²) in [5.41, 5.74) is 0.489. The van der Waals surface area contributed by atoms with Gasteiger partial charge in [-0.2, -0.15) is 0 Å². The largest absolute Gasteiger partial charge is 0.434 e. The Morgan fingerprint density at radius 1 is 1.33 bits per heavy atom. The first-order valence-corrected chi connectivity index (χ1v) is 5.06. The first-order chi connectivity index (χ1) is 8.65. The number of nitrogens with one attached hydrogen (secondary N) is 1. The molecule has 1 N–H and O–H groups in total. The maximum Gasteiger partial charge on any atom is 0.434 e. The second-order valence-electron chi connectivity index (χ2n) is 3.71. The molecule has 0 fully saturated rings. The number of H-pyrrole nitrogens is 1. The molecule has 0 spiro atoms. The summed E-state index contributed by atoms with van der Waals surface area (Å²) in [6.07, 6.45) is 2.85. The molecule has 18 heavy (non-hydrogen) atoms. The molecule has 0 amide bonds. The molecule has 0 radical (unpaired) electrons. The van der Waals surface area contributed by atoms with Crippen molar-refractivity contribution in [2.45, 2.75) is 6.54 Å². The molecule has 0 bridgehead atoms. The van der Waals surface area contributed by atoms with Gasteiger partial charge < -0.3 is 8.98 Å². The summed E-state index contributed by atoms with van der Waals surface area (Å²) in [5, 5.41) is 5.75. The van der Waals surface area contributed by atoms with Crippen LogP contribution in [0.15, 0.2) is 26.7 Å². The molecule has 3 aromatic rings. The standard InChI is InChI=1S/C9H8N6O3/c1-14-3-10-7-6(14)8(16)15(4-11-7)2-5-12-13-9(17)18-5/h3-4H,2H2,1H3,(H,13,17). The van der Waals surface area contributed by atoms with Crippen molar-refractivity contribution < 1.29 is 4.42 Å². The van der Waals surface area contributed by atoms with Crippen molar-refractivity contribution in [3.8, 4) is 0 Å². The van der Waals surface area contributed by atoms with Crippen LogP contribution in [0.5, 0.6) is 0 Å². The normalized spacial score (nSPS) is 11.2. The summed E-state index contributed by atoms with van der Waals surface area (Å²) in [5.74, 6) is -0.543. The van der Waals surface area contributed by atoms with Gasteiger partial charge in [0, 0.05) is 7.05 Å². The second-order valence-corrected chi connectivity index (χ2v) is 3.71. The van der Waals surface area contributed by atoms with E-state index in [4.69, 9.17) is 4.42 Å². The second kappa shape index (κ2) is 3.65. The van der Waals surface area contributed by atoms with Crippen LogP contribution in [-0.4, -0.2) is 29.3 Å². The lowest BCUT2D eigenvalue weighted by atomic mass is 10.5. The maximum absolute atomic E-state index is 12.1. The number of rotatable bonds is 2. The number of imidazole rings is 1. The van der Waals surface area contributed by atoms with Crippen molar-refractivity contribution in [1.29, 1.82) is 0 Å². The van der Waals surface area contributed by atoms with Gasteiger partial charge in [0.2, 0.25) is 5.89 Å². The highest BCUT2D eigenvalue weighted by atomic mass is 16.4. The Bertz CT molecular complexity index is 823. The Balaban J connectivity index is 2.12. The molecule has 0 atom stereocenters. The molecule has 0 saturated heterocycles. The van der Waals surface area contributed by atoms with E-state index in [9.17, 15) is 9.59 Å². The van der Waals surface area contributed by atoms with Crippen molar-refractivity contribution in [2.24, 2.45) is 7.05 Å². The van der Waals surface area contributed by atoms with Crippen LogP contribution in [0.4, 0.5) is 0 Å². The molecular weight excluding hydrogens is 240 g/mol. The molecule has 9 heteroatoms. The van der Waals surface area contributed by atoms with Crippen LogP contribution >= 0.6 is 0 Å². The van der Waals surface area contributed by atoms with E-state index < -0.39 is 5.76 Å². The minimum absolute atomic E-state index is 0.0334. The molecular formula is C9H8N6O3. The molecule has 9 nitrogen and oxygen atoms in total. The van der Waals surface area contributed by atoms with E-state index in [1.165, 1.54) is 17.2 Å². The zero-order valence-electron chi connectivity index (χ0n) is 9.32. The SMILES string of the molecule is Cn1cnc2ncn(Cc3n[nH]c(=O)o3)c(=O)c21. The van der Waals surface area contributed by atoms with Gasteiger partial charge in [0.05, 0.1) is 6.33 Å². The van der Waals surface area contributed by atoms with Crippen LogP contribution in [0, 0.1) is 0 Å². The predicted molar refractivity (Wildman–Crippen MR) is 59.0 cm³/mol. The number of aromatic amines is 1. The van der Waals surface area contributed by atoms with Gasteiger partial charge in [-0.3, -0.25) is 9.36 Å². The highest BCUT2D eigenvalue weighted by molar-refractivity contribution is 5.68. The number of hydrogen-bond acceptors (Lipinski definition) is 6. The third kappa shape index (κ3) is 1.52. The van der Waals surface area contributed by atoms with E-state index >= 15 is 0 Å². The molecule has 0 unspecified atom stereocenters. The van der Waals surface area contributed by atoms with Gasteiger partial charge >= 0.3 is 5.76 Å². The van der Waals surface area contributed by atoms with E-state index in [1.807, 2.05) is 0 Å². The number of nitrogens with zero attached hydrogens (tertiary/aromatic N) is 5. The van der Waals surface area contributed by atoms with Gasteiger partial charge in [-0.15, -0.1) is 5.10 Å². The van der Waals surface area contributed by atoms with E-state index in [1.54, 1.807) is 11.6 Å². The Kier molecular flexibility index (Phi) is 2.12. The Hall–Kier alpha value is -2.71. The Morgan fingerprint density at radius 2 is 2.11 bits per heavy atom. The molecule has 0 aromatic carbocycles. The van der Waals surface area contributed by atoms with Gasteiger partial charge in [-0.25, -0.2) is 19.9 Å². The van der Waals surface area contributed by atoms with Crippen molar-refractivity contribution >= 4 is 11.2 Å². The molecule has 3 aromatic heterocycles. The number of aromatic nitrogens is 6. The minimum atomic E-state index is -0.660. The van der Waals surface area contributed by atoms with Gasteiger partial charge in [0.25, 0.3) is 5.56 Å². The quantitative estimate of drug-likeness (QED) is 0.613. The average Bonchev–Trinajstić information content (AvgIpc) is 2.90. The fourth-order valence-corrected chi connectivity index (χ4v) is 1.66. The smallest absolute Gasteiger partial charge is 0.390 e. The van der Waals surface area contributed by atoms with Gasteiger partial charge in [0.1, 0.15) is 12.9 Å². The first-order valence-electron chi connectivity index (χ1n) is 5.06. The van der Waals surface area contributed by atoms with Gasteiger partial charge in [-0.05, 0) is 0 Å². The van der Waals surface area contributed by atoms with Crippen molar-refractivity contribution in [1.82, 2.24) is 29.3 Å². The summed E-state index contributed by atoms with van der Waals surface area (Å²) in [7, 11) is 1.71. The van der Waals surface area contributed by atoms with Crippen LogP contribution in [0.3, 0.4) is 0 Å². The van der Waals surface area contributed by atoms with E-state index in [-0.39, 0.29) is 18.0 Å². The maximum atomic E-state index is 12.1. The number of hydrogen-bond donors (Lipinski definition) is 1. The van der Waals surface area contributed by atoms with Crippen LogP contribution in [0.25, 0.3) is 11.2 Å². The number of fused-ring (bicyclic) bond motifs is 1. The van der Waals surface area contributed by atoms with Gasteiger partial charge in [-0.1, -0.05) is 0 Å². The van der Waals surface area contributed by atoms with E-state index in [2.05, 4.69) is 20.2 Å². The first kappa shape index (κ1) is 10.4. The average molecular weight is 248 g/mol. The monoisotopic (exact) mass is 248 g/mol. The minimum Gasteiger partial charge on any atom is -0.390 e. The lowest BCUT2D eigenvalue weighted by Crippen LogP contribution is -2.22. The van der Waals surface area contributed by atoms with Crippen LogP contribution in [0.2, 0.25) is 0 Å². The van der Waals surface area contributed by atoms with E-state index in [0.717, 1.165) is 0 Å². The van der Waals surface area contributed by atoms with Gasteiger partial charge in [0.15, 0.2) is 11.2 Å². The molecule has 0 aliphatic carbocycles. The predicted octanol–water partition coefficient (Wildman–Crippen LogP) is -1.15.